The van der Waals surface area contributed by atoms with Crippen molar-refractivity contribution in [2.24, 2.45) is 0 Å². The standard InChI is InChI=1S/C26H50O4/c1-4-6-8-10-12-13-15-19-23-29-25(27)21-17-18-22-26(28)30-24(3)20-16-14-11-9-7-5-2/h24H,4-23H2,1-3H3. The highest BCUT2D eigenvalue weighted by Crippen LogP contribution is 2.12. The molecular formula is C26H50O4. The van der Waals surface area contributed by atoms with Gasteiger partial charge in [-0.25, -0.2) is 0 Å². The Morgan fingerprint density at radius 3 is 1.63 bits per heavy atom. The molecule has 0 heterocycles. The fourth-order valence-electron chi connectivity index (χ4n) is 3.59. The summed E-state index contributed by atoms with van der Waals surface area (Å²) in [4.78, 5) is 23.6. The molecular weight excluding hydrogens is 376 g/mol. The largest absolute Gasteiger partial charge is 0.466 e. The summed E-state index contributed by atoms with van der Waals surface area (Å²) >= 11 is 0. The van der Waals surface area contributed by atoms with Crippen LogP contribution in [-0.4, -0.2) is 24.6 Å². The quantitative estimate of drug-likeness (QED) is 0.130. The van der Waals surface area contributed by atoms with Crippen molar-refractivity contribution in [3.8, 4) is 0 Å². The zero-order valence-electron chi connectivity index (χ0n) is 20.4. The molecule has 0 spiro atoms. The molecule has 0 aliphatic rings. The molecule has 0 bridgehead atoms. The van der Waals surface area contributed by atoms with Crippen LogP contribution in [0.4, 0.5) is 0 Å². The molecule has 4 heteroatoms. The average molecular weight is 427 g/mol. The lowest BCUT2D eigenvalue weighted by Crippen LogP contribution is -2.14. The van der Waals surface area contributed by atoms with E-state index in [1.807, 2.05) is 6.92 Å². The normalized spacial score (nSPS) is 12.0. The molecule has 0 N–H and O–H groups in total. The van der Waals surface area contributed by atoms with E-state index in [0.717, 1.165) is 25.7 Å². The van der Waals surface area contributed by atoms with Crippen molar-refractivity contribution in [2.75, 3.05) is 6.61 Å². The second-order valence-electron chi connectivity index (χ2n) is 8.76. The second kappa shape index (κ2) is 22.6. The zero-order valence-corrected chi connectivity index (χ0v) is 20.4. The monoisotopic (exact) mass is 426 g/mol. The van der Waals surface area contributed by atoms with Gasteiger partial charge in [-0.05, 0) is 39.0 Å². The van der Waals surface area contributed by atoms with Crippen molar-refractivity contribution in [2.45, 2.75) is 149 Å². The molecule has 1 atom stereocenters. The third-order valence-electron chi connectivity index (χ3n) is 5.57. The molecule has 0 radical (unpaired) electrons. The minimum absolute atomic E-state index is 0.000264. The Kier molecular flexibility index (Phi) is 21.8. The third-order valence-corrected chi connectivity index (χ3v) is 5.57. The van der Waals surface area contributed by atoms with Gasteiger partial charge in [0.05, 0.1) is 12.7 Å². The number of ether oxygens (including phenoxy) is 2. The maximum Gasteiger partial charge on any atom is 0.306 e. The van der Waals surface area contributed by atoms with E-state index in [4.69, 9.17) is 9.47 Å². The molecule has 0 saturated heterocycles. The number of esters is 2. The van der Waals surface area contributed by atoms with Gasteiger partial charge in [-0.2, -0.15) is 0 Å². The first-order chi connectivity index (χ1) is 14.6. The number of carbonyl (C=O) groups is 2. The van der Waals surface area contributed by atoms with Gasteiger partial charge in [0.25, 0.3) is 0 Å². The fraction of sp³-hybridized carbons (Fsp3) is 0.923. The molecule has 0 amide bonds. The Bertz CT molecular complexity index is 394. The molecule has 4 nitrogen and oxygen atoms in total. The van der Waals surface area contributed by atoms with E-state index >= 15 is 0 Å². The highest BCUT2D eigenvalue weighted by molar-refractivity contribution is 5.70. The van der Waals surface area contributed by atoms with Crippen LogP contribution < -0.4 is 0 Å². The van der Waals surface area contributed by atoms with Crippen LogP contribution in [0.15, 0.2) is 0 Å². The fourth-order valence-corrected chi connectivity index (χ4v) is 3.59. The molecule has 0 aliphatic heterocycles. The Labute approximate surface area is 186 Å². The number of unbranched alkanes of at least 4 members (excludes halogenated alkanes) is 13. The predicted molar refractivity (Wildman–Crippen MR) is 126 cm³/mol. The summed E-state index contributed by atoms with van der Waals surface area (Å²) in [5, 5.41) is 0. The van der Waals surface area contributed by atoms with Crippen LogP contribution in [0, 0.1) is 0 Å². The molecule has 0 aromatic carbocycles. The van der Waals surface area contributed by atoms with Gasteiger partial charge >= 0.3 is 11.9 Å². The van der Waals surface area contributed by atoms with Crippen LogP contribution in [0.5, 0.6) is 0 Å². The van der Waals surface area contributed by atoms with Crippen molar-refractivity contribution < 1.29 is 19.1 Å². The predicted octanol–water partition coefficient (Wildman–Crippen LogP) is 7.91. The van der Waals surface area contributed by atoms with Crippen LogP contribution in [0.25, 0.3) is 0 Å². The first-order valence-corrected chi connectivity index (χ1v) is 12.9. The Hall–Kier alpha value is -1.06. The van der Waals surface area contributed by atoms with Crippen LogP contribution >= 0.6 is 0 Å². The van der Waals surface area contributed by atoms with Crippen LogP contribution in [0.2, 0.25) is 0 Å². The number of hydrogen-bond donors (Lipinski definition) is 0. The van der Waals surface area contributed by atoms with Gasteiger partial charge in [0.2, 0.25) is 0 Å². The summed E-state index contributed by atoms with van der Waals surface area (Å²) < 4.78 is 10.7. The minimum atomic E-state index is -0.138. The molecule has 0 aromatic rings. The molecule has 30 heavy (non-hydrogen) atoms. The lowest BCUT2D eigenvalue weighted by Gasteiger charge is -2.13. The zero-order chi connectivity index (χ0) is 22.3. The van der Waals surface area contributed by atoms with E-state index < -0.39 is 0 Å². The van der Waals surface area contributed by atoms with Crippen molar-refractivity contribution in [3.05, 3.63) is 0 Å². The van der Waals surface area contributed by atoms with Crippen LogP contribution in [0.1, 0.15) is 143 Å². The molecule has 178 valence electrons. The summed E-state index contributed by atoms with van der Waals surface area (Å²) in [7, 11) is 0. The van der Waals surface area contributed by atoms with Crippen molar-refractivity contribution >= 4 is 11.9 Å². The van der Waals surface area contributed by atoms with Crippen molar-refractivity contribution in [1.82, 2.24) is 0 Å². The lowest BCUT2D eigenvalue weighted by molar-refractivity contribution is -0.149. The third kappa shape index (κ3) is 21.6. The first kappa shape index (κ1) is 28.9. The maximum atomic E-state index is 11.9. The highest BCUT2D eigenvalue weighted by atomic mass is 16.5. The van der Waals surface area contributed by atoms with Gasteiger partial charge in [0.1, 0.15) is 0 Å². The average Bonchev–Trinajstić information content (AvgIpc) is 2.72. The number of rotatable bonds is 22. The molecule has 1 unspecified atom stereocenters. The molecule has 0 rings (SSSR count). The number of hydrogen-bond acceptors (Lipinski definition) is 4. The van der Waals surface area contributed by atoms with E-state index in [1.54, 1.807) is 0 Å². The van der Waals surface area contributed by atoms with Gasteiger partial charge in [-0.1, -0.05) is 90.9 Å². The summed E-state index contributed by atoms with van der Waals surface area (Å²) in [6.07, 6.45) is 20.6. The Balaban J connectivity index is 3.43. The second-order valence-corrected chi connectivity index (χ2v) is 8.76. The topological polar surface area (TPSA) is 52.6 Å². The summed E-state index contributed by atoms with van der Waals surface area (Å²) in [5.41, 5.74) is 0. The highest BCUT2D eigenvalue weighted by Gasteiger charge is 2.10. The van der Waals surface area contributed by atoms with Crippen LogP contribution in [-0.2, 0) is 19.1 Å². The lowest BCUT2D eigenvalue weighted by atomic mass is 10.1. The van der Waals surface area contributed by atoms with E-state index in [9.17, 15) is 9.59 Å². The smallest absolute Gasteiger partial charge is 0.306 e. The van der Waals surface area contributed by atoms with Gasteiger partial charge < -0.3 is 9.47 Å². The summed E-state index contributed by atoms with van der Waals surface area (Å²) in [5.74, 6) is -0.274. The Morgan fingerprint density at radius 2 is 1.07 bits per heavy atom. The molecule has 0 aromatic heterocycles. The SMILES string of the molecule is CCCCCCCCCCOC(=O)CCCCC(=O)OC(C)CCCCCCCC. The van der Waals surface area contributed by atoms with Gasteiger partial charge in [0.15, 0.2) is 0 Å². The summed E-state index contributed by atoms with van der Waals surface area (Å²) in [6, 6.07) is 0. The maximum absolute atomic E-state index is 11.9. The van der Waals surface area contributed by atoms with Crippen LogP contribution in [0.3, 0.4) is 0 Å². The van der Waals surface area contributed by atoms with E-state index in [1.165, 1.54) is 70.6 Å². The van der Waals surface area contributed by atoms with E-state index in [-0.39, 0.29) is 18.0 Å². The number of carbonyl (C=O) groups excluding carboxylic acids is 2. The molecule has 0 saturated carbocycles. The van der Waals surface area contributed by atoms with Gasteiger partial charge in [0, 0.05) is 12.8 Å². The minimum Gasteiger partial charge on any atom is -0.466 e. The van der Waals surface area contributed by atoms with Gasteiger partial charge in [-0.3, -0.25) is 9.59 Å². The molecule has 0 fully saturated rings. The summed E-state index contributed by atoms with van der Waals surface area (Å²) in [6.45, 7) is 6.97. The first-order valence-electron chi connectivity index (χ1n) is 12.9. The van der Waals surface area contributed by atoms with E-state index in [2.05, 4.69) is 13.8 Å². The van der Waals surface area contributed by atoms with Crippen molar-refractivity contribution in [3.63, 3.8) is 0 Å². The Morgan fingerprint density at radius 1 is 0.600 bits per heavy atom. The van der Waals surface area contributed by atoms with E-state index in [0.29, 0.717) is 32.3 Å². The van der Waals surface area contributed by atoms with Crippen molar-refractivity contribution in [1.29, 1.82) is 0 Å². The van der Waals surface area contributed by atoms with Gasteiger partial charge in [-0.15, -0.1) is 0 Å². The molecule has 0 aliphatic carbocycles.